The van der Waals surface area contributed by atoms with Crippen LogP contribution in [-0.2, 0) is 14.3 Å². The second-order valence-electron chi connectivity index (χ2n) is 4.91. The lowest BCUT2D eigenvalue weighted by Gasteiger charge is -2.19. The molecule has 94 valence electrons. The van der Waals surface area contributed by atoms with Gasteiger partial charge in [0.1, 0.15) is 12.7 Å². The lowest BCUT2D eigenvalue weighted by molar-refractivity contribution is -0.147. The van der Waals surface area contributed by atoms with Crippen molar-refractivity contribution in [3.05, 3.63) is 12.7 Å². The van der Waals surface area contributed by atoms with Gasteiger partial charge in [0.05, 0.1) is 19.6 Å². The predicted molar refractivity (Wildman–Crippen MR) is 62.1 cm³/mol. The van der Waals surface area contributed by atoms with Crippen LogP contribution in [0.5, 0.6) is 0 Å². The summed E-state index contributed by atoms with van der Waals surface area (Å²) < 4.78 is 10.1. The Morgan fingerprint density at radius 3 is 2.56 bits per heavy atom. The fraction of sp³-hybridized carbons (Fsp3) is 0.750. The molecule has 1 N–H and O–H groups in total. The Labute approximate surface area is 97.2 Å². The number of ether oxygens (including phenoxy) is 2. The predicted octanol–water partition coefficient (Wildman–Crippen LogP) is 1.53. The minimum Gasteiger partial charge on any atom is -0.463 e. The number of hydrogen-bond donors (Lipinski definition) is 1. The summed E-state index contributed by atoms with van der Waals surface area (Å²) in [6.07, 6.45) is 0.858. The van der Waals surface area contributed by atoms with Crippen molar-refractivity contribution in [1.29, 1.82) is 0 Å². The molecule has 0 radical (unpaired) electrons. The third-order valence-corrected chi connectivity index (χ3v) is 1.59. The average Bonchev–Trinajstić information content (AvgIpc) is 2.13. The maximum absolute atomic E-state index is 10.9. The van der Waals surface area contributed by atoms with E-state index in [1.54, 1.807) is 0 Å². The van der Waals surface area contributed by atoms with E-state index in [4.69, 9.17) is 9.47 Å². The zero-order valence-electron chi connectivity index (χ0n) is 10.4. The molecule has 16 heavy (non-hydrogen) atoms. The minimum absolute atomic E-state index is 0.0309. The molecule has 0 aliphatic rings. The molecule has 0 bridgehead atoms. The molecule has 4 nitrogen and oxygen atoms in total. The number of rotatable bonds is 7. The van der Waals surface area contributed by atoms with Crippen LogP contribution in [0.4, 0.5) is 0 Å². The van der Waals surface area contributed by atoms with E-state index in [1.807, 2.05) is 20.8 Å². The van der Waals surface area contributed by atoms with Gasteiger partial charge in [-0.2, -0.15) is 0 Å². The highest BCUT2D eigenvalue weighted by molar-refractivity contribution is 5.70. The average molecular weight is 230 g/mol. The molecule has 0 spiro atoms. The van der Waals surface area contributed by atoms with Crippen LogP contribution in [0.15, 0.2) is 12.7 Å². The molecule has 1 unspecified atom stereocenters. The van der Waals surface area contributed by atoms with Crippen molar-refractivity contribution < 1.29 is 19.4 Å². The van der Waals surface area contributed by atoms with Gasteiger partial charge in [0.25, 0.3) is 0 Å². The summed E-state index contributed by atoms with van der Waals surface area (Å²) in [5, 5.41) is 9.44. The smallest absolute Gasteiger partial charge is 0.309 e. The van der Waals surface area contributed by atoms with Gasteiger partial charge in [0.2, 0.25) is 0 Å². The van der Waals surface area contributed by atoms with E-state index >= 15 is 0 Å². The van der Waals surface area contributed by atoms with Crippen LogP contribution in [0, 0.1) is 5.41 Å². The Hall–Kier alpha value is -0.870. The Morgan fingerprint density at radius 2 is 2.06 bits per heavy atom. The monoisotopic (exact) mass is 230 g/mol. The Kier molecular flexibility index (Phi) is 7.01. The summed E-state index contributed by atoms with van der Waals surface area (Å²) in [5.74, 6) is -0.384. The summed E-state index contributed by atoms with van der Waals surface area (Å²) in [6, 6.07) is 0. The van der Waals surface area contributed by atoms with Gasteiger partial charge < -0.3 is 14.6 Å². The Balaban J connectivity index is 3.55. The van der Waals surface area contributed by atoms with Gasteiger partial charge in [0.15, 0.2) is 0 Å². The molecule has 1 atom stereocenters. The number of hydrogen-bond acceptors (Lipinski definition) is 4. The molecule has 0 aromatic rings. The van der Waals surface area contributed by atoms with E-state index in [0.717, 1.165) is 0 Å². The van der Waals surface area contributed by atoms with Crippen molar-refractivity contribution in [2.24, 2.45) is 5.41 Å². The van der Waals surface area contributed by atoms with Gasteiger partial charge in [-0.05, 0) is 5.41 Å². The molecule has 0 fully saturated rings. The molecular formula is C12H22O4. The fourth-order valence-electron chi connectivity index (χ4n) is 0.915. The lowest BCUT2D eigenvalue weighted by atomic mass is 9.99. The molecule has 0 aliphatic carbocycles. The fourth-order valence-corrected chi connectivity index (χ4v) is 0.915. The van der Waals surface area contributed by atoms with Crippen LogP contribution in [0.2, 0.25) is 0 Å². The van der Waals surface area contributed by atoms with Gasteiger partial charge in [-0.25, -0.2) is 0 Å². The number of carbonyl (C=O) groups is 1. The topological polar surface area (TPSA) is 55.8 Å². The molecule has 4 heteroatoms. The maximum atomic E-state index is 10.9. The van der Waals surface area contributed by atoms with Crippen molar-refractivity contribution >= 4 is 5.97 Å². The van der Waals surface area contributed by atoms with Gasteiger partial charge in [-0.1, -0.05) is 26.8 Å². The zero-order chi connectivity index (χ0) is 12.6. The summed E-state index contributed by atoms with van der Waals surface area (Å²) in [7, 11) is 0. The first-order valence-electron chi connectivity index (χ1n) is 5.37. The third-order valence-electron chi connectivity index (χ3n) is 1.59. The van der Waals surface area contributed by atoms with E-state index in [9.17, 15) is 9.90 Å². The van der Waals surface area contributed by atoms with E-state index < -0.39 is 6.10 Å². The molecule has 0 heterocycles. The molecule has 0 aliphatic heterocycles. The molecular weight excluding hydrogens is 208 g/mol. The maximum Gasteiger partial charge on any atom is 0.309 e. The Morgan fingerprint density at radius 1 is 1.44 bits per heavy atom. The Bertz CT molecular complexity index is 218. The summed E-state index contributed by atoms with van der Waals surface area (Å²) in [4.78, 5) is 10.9. The first-order valence-corrected chi connectivity index (χ1v) is 5.37. The van der Waals surface area contributed by atoms with Crippen LogP contribution in [-0.4, -0.2) is 37.0 Å². The quantitative estimate of drug-likeness (QED) is 0.532. The van der Waals surface area contributed by atoms with Gasteiger partial charge >= 0.3 is 5.97 Å². The van der Waals surface area contributed by atoms with Gasteiger partial charge in [0, 0.05) is 0 Å². The number of aliphatic hydroxyl groups excluding tert-OH is 1. The van der Waals surface area contributed by atoms with Gasteiger partial charge in [-0.15, -0.1) is 6.58 Å². The van der Waals surface area contributed by atoms with Crippen molar-refractivity contribution in [3.63, 3.8) is 0 Å². The standard InChI is InChI=1S/C12H22O4/c1-5-6-11(14)16-8-10(13)7-15-9-12(2,3)4/h5,10,13H,1,6-9H2,2-4H3. The molecule has 0 aromatic heterocycles. The van der Waals surface area contributed by atoms with E-state index in [2.05, 4.69) is 6.58 Å². The summed E-state index contributed by atoms with van der Waals surface area (Å²) in [6.45, 7) is 10.3. The third kappa shape index (κ3) is 9.68. The van der Waals surface area contributed by atoms with Crippen LogP contribution >= 0.6 is 0 Å². The number of esters is 1. The first kappa shape index (κ1) is 15.1. The second-order valence-corrected chi connectivity index (χ2v) is 4.91. The SMILES string of the molecule is C=CCC(=O)OCC(O)COCC(C)(C)C. The normalized spacial score (nSPS) is 13.2. The van der Waals surface area contributed by atoms with Crippen molar-refractivity contribution in [1.82, 2.24) is 0 Å². The van der Waals surface area contributed by atoms with Crippen LogP contribution in [0.3, 0.4) is 0 Å². The van der Waals surface area contributed by atoms with Crippen molar-refractivity contribution in [2.45, 2.75) is 33.3 Å². The second kappa shape index (κ2) is 7.41. The molecule has 0 aromatic carbocycles. The van der Waals surface area contributed by atoms with Crippen molar-refractivity contribution in [3.8, 4) is 0 Å². The van der Waals surface area contributed by atoms with Crippen LogP contribution in [0.1, 0.15) is 27.2 Å². The number of carbonyl (C=O) groups excluding carboxylic acids is 1. The largest absolute Gasteiger partial charge is 0.463 e. The van der Waals surface area contributed by atoms with Crippen LogP contribution < -0.4 is 0 Å². The molecule has 0 rings (SSSR count). The first-order chi connectivity index (χ1) is 7.35. The lowest BCUT2D eigenvalue weighted by Crippen LogP contribution is -2.26. The van der Waals surface area contributed by atoms with Crippen molar-refractivity contribution in [2.75, 3.05) is 19.8 Å². The number of aliphatic hydroxyl groups is 1. The molecule has 0 saturated carbocycles. The minimum atomic E-state index is -0.767. The molecule has 0 amide bonds. The zero-order valence-corrected chi connectivity index (χ0v) is 10.4. The summed E-state index contributed by atoms with van der Waals surface area (Å²) in [5.41, 5.74) is 0.0687. The van der Waals surface area contributed by atoms with Gasteiger partial charge in [-0.3, -0.25) is 4.79 Å². The molecule has 0 saturated heterocycles. The summed E-state index contributed by atoms with van der Waals surface area (Å²) >= 11 is 0. The van der Waals surface area contributed by atoms with Crippen LogP contribution in [0.25, 0.3) is 0 Å². The van der Waals surface area contributed by atoms with E-state index in [0.29, 0.717) is 6.61 Å². The van der Waals surface area contributed by atoms with E-state index in [-0.39, 0.29) is 31.0 Å². The highest BCUT2D eigenvalue weighted by Gasteiger charge is 2.13. The highest BCUT2D eigenvalue weighted by atomic mass is 16.5. The highest BCUT2D eigenvalue weighted by Crippen LogP contribution is 2.12. The van der Waals surface area contributed by atoms with E-state index in [1.165, 1.54) is 6.08 Å².